The van der Waals surface area contributed by atoms with Gasteiger partial charge in [0, 0.05) is 37.3 Å². The summed E-state index contributed by atoms with van der Waals surface area (Å²) < 4.78 is 38.1. The van der Waals surface area contributed by atoms with Gasteiger partial charge in [0.15, 0.2) is 0 Å². The standard InChI is InChI=1S/C19H21F3N4O3S.CH2O/c1-2-25-17-13(12-10-24-8-9-26(12)29-18(28)19(20,21)22)14(23)16(30-17)15(27)11-6-4-3-5-7-11;1-2/h3-7,12,24-25H,2,8-10,23H2,1H3;1H2. The van der Waals surface area contributed by atoms with E-state index in [2.05, 4.69) is 15.5 Å². The number of alkyl halides is 3. The summed E-state index contributed by atoms with van der Waals surface area (Å²) in [5, 5.41) is 7.70. The van der Waals surface area contributed by atoms with Gasteiger partial charge < -0.3 is 26.0 Å². The second-order valence-corrected chi connectivity index (χ2v) is 7.57. The highest BCUT2D eigenvalue weighted by Crippen LogP contribution is 2.43. The normalized spacial score (nSPS) is 16.6. The van der Waals surface area contributed by atoms with Gasteiger partial charge >= 0.3 is 12.1 Å². The van der Waals surface area contributed by atoms with Crippen LogP contribution in [0.2, 0.25) is 0 Å². The number of hydrogen-bond donors (Lipinski definition) is 3. The van der Waals surface area contributed by atoms with E-state index < -0.39 is 18.2 Å². The van der Waals surface area contributed by atoms with E-state index in [1.54, 1.807) is 30.3 Å². The van der Waals surface area contributed by atoms with Crippen molar-refractivity contribution in [3.05, 3.63) is 46.3 Å². The summed E-state index contributed by atoms with van der Waals surface area (Å²) in [5.41, 5.74) is 7.35. The molecule has 0 bridgehead atoms. The first-order chi connectivity index (χ1) is 15.2. The van der Waals surface area contributed by atoms with Crippen LogP contribution >= 0.6 is 11.3 Å². The molecule has 8 nitrogen and oxygen atoms in total. The van der Waals surface area contributed by atoms with Crippen LogP contribution in [-0.2, 0) is 14.4 Å². The van der Waals surface area contributed by atoms with Crippen LogP contribution in [0, 0.1) is 0 Å². The fourth-order valence-corrected chi connectivity index (χ4v) is 4.37. The second kappa shape index (κ2) is 11.1. The first kappa shape index (κ1) is 25.3. The Balaban J connectivity index is 0.00000176. The minimum Gasteiger partial charge on any atom is -0.397 e. The summed E-state index contributed by atoms with van der Waals surface area (Å²) in [6.07, 6.45) is -5.12. The van der Waals surface area contributed by atoms with Crippen molar-refractivity contribution in [3.63, 3.8) is 0 Å². The third kappa shape index (κ3) is 5.64. The van der Waals surface area contributed by atoms with Crippen molar-refractivity contribution in [3.8, 4) is 0 Å². The monoisotopic (exact) mass is 472 g/mol. The molecule has 1 aromatic carbocycles. The summed E-state index contributed by atoms with van der Waals surface area (Å²) in [6, 6.07) is 7.78. The lowest BCUT2D eigenvalue weighted by atomic mass is 10.0. The number of carbonyl (C=O) groups excluding carboxylic acids is 3. The molecule has 0 amide bonds. The van der Waals surface area contributed by atoms with E-state index in [0.717, 1.165) is 16.4 Å². The van der Waals surface area contributed by atoms with Crippen LogP contribution in [0.3, 0.4) is 0 Å². The molecule has 12 heteroatoms. The molecule has 1 saturated heterocycles. The number of hydrogen-bond acceptors (Lipinski definition) is 9. The van der Waals surface area contributed by atoms with Gasteiger partial charge in [-0.2, -0.15) is 13.2 Å². The van der Waals surface area contributed by atoms with Crippen molar-refractivity contribution < 1.29 is 32.4 Å². The molecule has 1 unspecified atom stereocenters. The van der Waals surface area contributed by atoms with E-state index in [1.807, 2.05) is 13.7 Å². The van der Waals surface area contributed by atoms with Gasteiger partial charge in [-0.15, -0.1) is 16.4 Å². The van der Waals surface area contributed by atoms with Gasteiger partial charge in [-0.25, -0.2) is 4.79 Å². The molecule has 1 aromatic heterocycles. The van der Waals surface area contributed by atoms with Crippen LogP contribution in [0.25, 0.3) is 0 Å². The van der Waals surface area contributed by atoms with Crippen molar-refractivity contribution >= 4 is 40.6 Å². The van der Waals surface area contributed by atoms with Crippen molar-refractivity contribution in [2.75, 3.05) is 37.2 Å². The van der Waals surface area contributed by atoms with Crippen LogP contribution in [0.15, 0.2) is 30.3 Å². The van der Waals surface area contributed by atoms with Gasteiger partial charge in [-0.3, -0.25) is 4.79 Å². The highest BCUT2D eigenvalue weighted by Gasteiger charge is 2.44. The molecule has 4 N–H and O–H groups in total. The van der Waals surface area contributed by atoms with E-state index in [1.165, 1.54) is 0 Å². The molecule has 0 saturated carbocycles. The first-order valence-electron chi connectivity index (χ1n) is 9.55. The summed E-state index contributed by atoms with van der Waals surface area (Å²) in [4.78, 5) is 37.3. The second-order valence-electron chi connectivity index (χ2n) is 6.55. The third-order valence-electron chi connectivity index (χ3n) is 4.52. The van der Waals surface area contributed by atoms with Crippen LogP contribution in [-0.4, -0.2) is 56.0 Å². The highest BCUT2D eigenvalue weighted by atomic mass is 32.1. The molecule has 0 spiro atoms. The largest absolute Gasteiger partial charge is 0.492 e. The van der Waals surface area contributed by atoms with Crippen LogP contribution < -0.4 is 16.4 Å². The molecule has 0 radical (unpaired) electrons. The number of nitrogens with zero attached hydrogens (tertiary/aromatic N) is 1. The van der Waals surface area contributed by atoms with Crippen molar-refractivity contribution in [2.24, 2.45) is 0 Å². The van der Waals surface area contributed by atoms with Gasteiger partial charge in [-0.05, 0) is 6.92 Å². The highest BCUT2D eigenvalue weighted by molar-refractivity contribution is 7.19. The number of hydroxylamine groups is 2. The average Bonchev–Trinajstić information content (AvgIpc) is 3.11. The minimum atomic E-state index is -5.12. The number of nitrogens with two attached hydrogens (primary N) is 1. The van der Waals surface area contributed by atoms with Gasteiger partial charge in [0.2, 0.25) is 5.78 Å². The number of benzene rings is 1. The zero-order valence-electron chi connectivity index (χ0n) is 17.2. The Labute approximate surface area is 186 Å². The molecule has 174 valence electrons. The Bertz CT molecular complexity index is 937. The Kier molecular flexibility index (Phi) is 8.75. The topological polar surface area (TPSA) is 114 Å². The van der Waals surface area contributed by atoms with Gasteiger partial charge in [0.1, 0.15) is 11.7 Å². The number of nitrogen functional groups attached to an aromatic ring is 1. The Morgan fingerprint density at radius 1 is 1.31 bits per heavy atom. The number of nitrogens with one attached hydrogen (secondary N) is 2. The fraction of sp³-hybridized carbons (Fsp3) is 0.350. The molecule has 2 aromatic rings. The molecule has 1 atom stereocenters. The zero-order valence-corrected chi connectivity index (χ0v) is 18.0. The maximum Gasteiger partial charge on any atom is 0.492 e. The zero-order chi connectivity index (χ0) is 23.9. The maximum absolute atomic E-state index is 12.9. The SMILES string of the molecule is C=O.CCNc1sc(C(=O)c2ccccc2)c(N)c1C1CNCCN1OC(=O)C(F)(F)F. The number of carbonyl (C=O) groups is 3. The van der Waals surface area contributed by atoms with E-state index in [9.17, 15) is 22.8 Å². The summed E-state index contributed by atoms with van der Waals surface area (Å²) in [5.74, 6) is -2.58. The number of rotatable bonds is 6. The molecule has 32 heavy (non-hydrogen) atoms. The molecule has 1 aliphatic rings. The molecule has 1 fully saturated rings. The molecule has 2 heterocycles. The smallest absolute Gasteiger partial charge is 0.397 e. The van der Waals surface area contributed by atoms with Crippen molar-refractivity contribution in [1.29, 1.82) is 0 Å². The number of piperazine rings is 1. The van der Waals surface area contributed by atoms with Gasteiger partial charge in [-0.1, -0.05) is 30.3 Å². The van der Waals surface area contributed by atoms with Gasteiger partial charge in [0.25, 0.3) is 0 Å². The average molecular weight is 472 g/mol. The predicted octanol–water partition coefficient (Wildman–Crippen LogP) is 2.78. The molecule has 0 aliphatic carbocycles. The Morgan fingerprint density at radius 2 is 1.97 bits per heavy atom. The quantitative estimate of drug-likeness (QED) is 0.550. The molecule has 1 aliphatic heterocycles. The number of anilines is 2. The summed E-state index contributed by atoms with van der Waals surface area (Å²) in [7, 11) is 0. The molecular weight excluding hydrogens is 449 g/mol. The van der Waals surface area contributed by atoms with E-state index in [4.69, 9.17) is 10.5 Å². The lowest BCUT2D eigenvalue weighted by Crippen LogP contribution is -2.48. The number of thiophene rings is 1. The summed E-state index contributed by atoms with van der Waals surface area (Å²) >= 11 is 1.13. The molecular formula is C20H23F3N4O4S. The Hall–Kier alpha value is -2.96. The van der Waals surface area contributed by atoms with Crippen LogP contribution in [0.1, 0.15) is 33.8 Å². The van der Waals surface area contributed by atoms with Crippen LogP contribution in [0.5, 0.6) is 0 Å². The number of ketones is 1. The predicted molar refractivity (Wildman–Crippen MR) is 114 cm³/mol. The van der Waals surface area contributed by atoms with Crippen molar-refractivity contribution in [2.45, 2.75) is 19.1 Å². The lowest BCUT2D eigenvalue weighted by molar-refractivity contribution is -0.249. The van der Waals surface area contributed by atoms with E-state index >= 15 is 0 Å². The maximum atomic E-state index is 12.9. The molecule has 3 rings (SSSR count). The van der Waals surface area contributed by atoms with E-state index in [-0.39, 0.29) is 29.4 Å². The fourth-order valence-electron chi connectivity index (χ4n) is 3.17. The van der Waals surface area contributed by atoms with Crippen molar-refractivity contribution in [1.82, 2.24) is 10.4 Å². The number of halogens is 3. The minimum absolute atomic E-state index is 0.0370. The first-order valence-corrected chi connectivity index (χ1v) is 10.4. The summed E-state index contributed by atoms with van der Waals surface area (Å²) in [6.45, 7) is 4.92. The third-order valence-corrected chi connectivity index (χ3v) is 5.70. The van der Waals surface area contributed by atoms with E-state index in [0.29, 0.717) is 29.2 Å². The lowest BCUT2D eigenvalue weighted by Gasteiger charge is -2.35. The Morgan fingerprint density at radius 3 is 2.56 bits per heavy atom. The van der Waals surface area contributed by atoms with Crippen LogP contribution in [0.4, 0.5) is 23.9 Å². The van der Waals surface area contributed by atoms with Gasteiger partial charge in [0.05, 0.1) is 16.7 Å².